The topological polar surface area (TPSA) is 91.9 Å². The number of aromatic nitrogens is 2. The number of rotatable bonds is 9. The monoisotopic (exact) mass is 546 g/mol. The maximum atomic E-state index is 12.3. The van der Waals surface area contributed by atoms with Crippen molar-refractivity contribution in [3.05, 3.63) is 70.4 Å². The van der Waals surface area contributed by atoms with Gasteiger partial charge in [0.05, 0.1) is 0 Å². The molecule has 39 heavy (non-hydrogen) atoms. The smallest absolute Gasteiger partial charge is 0.490 e. The van der Waals surface area contributed by atoms with Crippen LogP contribution in [0.5, 0.6) is 17.5 Å². The molecule has 0 radical (unpaired) electrons. The number of ether oxygens (including phenoxy) is 3. The molecule has 12 heteroatoms. The molecule has 0 spiro atoms. The molecule has 0 bridgehead atoms. The molecule has 1 unspecified atom stereocenters. The molecule has 0 N–H and O–H groups in total. The Labute approximate surface area is 223 Å². The van der Waals surface area contributed by atoms with Crippen LogP contribution in [0.4, 0.5) is 24.7 Å². The number of nitro groups is 1. The molecular weight excluding hydrogens is 517 g/mol. The van der Waals surface area contributed by atoms with Crippen molar-refractivity contribution in [3.8, 4) is 17.5 Å². The molecular formula is C27H29F3N4O5. The number of hydrogen-bond donors (Lipinski definition) is 0. The van der Waals surface area contributed by atoms with Crippen LogP contribution in [0.1, 0.15) is 31.2 Å². The lowest BCUT2D eigenvalue weighted by Gasteiger charge is -2.33. The second-order valence-electron chi connectivity index (χ2n) is 9.83. The van der Waals surface area contributed by atoms with E-state index in [9.17, 15) is 23.3 Å². The Balaban J connectivity index is 1.03. The van der Waals surface area contributed by atoms with Crippen LogP contribution in [0.25, 0.3) is 0 Å². The lowest BCUT2D eigenvalue weighted by molar-refractivity contribution is -0.389. The van der Waals surface area contributed by atoms with E-state index < -0.39 is 11.3 Å². The molecule has 3 aromatic rings. The maximum Gasteiger partial charge on any atom is 0.573 e. The number of fused-ring (bicyclic) bond motifs is 1. The average molecular weight is 547 g/mol. The van der Waals surface area contributed by atoms with Gasteiger partial charge >= 0.3 is 18.2 Å². The number of imidazole rings is 1. The summed E-state index contributed by atoms with van der Waals surface area (Å²) in [6, 6.07) is 14.3. The van der Waals surface area contributed by atoms with Gasteiger partial charge in [-0.3, -0.25) is 4.57 Å². The van der Waals surface area contributed by atoms with Crippen molar-refractivity contribution in [3.63, 3.8) is 0 Å². The first-order chi connectivity index (χ1) is 18.7. The summed E-state index contributed by atoms with van der Waals surface area (Å²) in [7, 11) is 0. The van der Waals surface area contributed by atoms with Crippen molar-refractivity contribution < 1.29 is 32.3 Å². The van der Waals surface area contributed by atoms with E-state index in [1.165, 1.54) is 18.3 Å². The average Bonchev–Trinajstić information content (AvgIpc) is 3.35. The van der Waals surface area contributed by atoms with E-state index in [-0.39, 0.29) is 23.7 Å². The normalized spacial score (nSPS) is 17.8. The SMILES string of the molecule is O=[N+]([O-])c1cn2c(n1)OC(COc1ccc(N3CCC(CCc4ccc(OC(F)(F)F)cc4)CC3)cc1)CC2. The zero-order valence-electron chi connectivity index (χ0n) is 21.2. The molecule has 5 rings (SSSR count). The molecule has 208 valence electrons. The highest BCUT2D eigenvalue weighted by Gasteiger charge is 2.31. The fourth-order valence-electron chi connectivity index (χ4n) is 4.99. The third-order valence-corrected chi connectivity index (χ3v) is 7.13. The number of aryl methyl sites for hydroxylation is 2. The van der Waals surface area contributed by atoms with E-state index in [1.807, 2.05) is 24.3 Å². The van der Waals surface area contributed by atoms with Gasteiger partial charge in [-0.15, -0.1) is 13.2 Å². The lowest BCUT2D eigenvalue weighted by atomic mass is 9.90. The van der Waals surface area contributed by atoms with Gasteiger partial charge in [0, 0.05) is 36.7 Å². The second kappa shape index (κ2) is 11.4. The van der Waals surface area contributed by atoms with Crippen LogP contribution in [-0.2, 0) is 13.0 Å². The highest BCUT2D eigenvalue weighted by atomic mass is 19.4. The number of halogens is 3. The molecule has 1 saturated heterocycles. The van der Waals surface area contributed by atoms with Gasteiger partial charge < -0.3 is 29.2 Å². The Kier molecular flexibility index (Phi) is 7.80. The van der Waals surface area contributed by atoms with Crippen molar-refractivity contribution in [2.45, 2.75) is 51.1 Å². The van der Waals surface area contributed by atoms with Gasteiger partial charge in [0.15, 0.2) is 0 Å². The standard InChI is InChI=1S/C27H29F3N4O5/c28-27(29,30)39-23-7-3-19(4-8-23)1-2-20-11-14-32(15-12-20)21-5-9-22(10-6-21)37-18-24-13-16-33-17-25(34(35)36)31-26(33)38-24/h3-10,17,20,24H,1-2,11-16,18H2. The van der Waals surface area contributed by atoms with Crippen LogP contribution >= 0.6 is 0 Å². The minimum Gasteiger partial charge on any atom is -0.490 e. The quantitative estimate of drug-likeness (QED) is 0.249. The lowest BCUT2D eigenvalue weighted by Crippen LogP contribution is -2.33. The van der Waals surface area contributed by atoms with Gasteiger partial charge in [-0.05, 0) is 78.5 Å². The predicted molar refractivity (Wildman–Crippen MR) is 136 cm³/mol. The van der Waals surface area contributed by atoms with Gasteiger partial charge in [-0.2, -0.15) is 0 Å². The van der Waals surface area contributed by atoms with E-state index in [0.717, 1.165) is 55.8 Å². The molecule has 2 aromatic carbocycles. The Morgan fingerprint density at radius 1 is 1.00 bits per heavy atom. The molecule has 9 nitrogen and oxygen atoms in total. The van der Waals surface area contributed by atoms with Gasteiger partial charge in [0.2, 0.25) is 0 Å². The first-order valence-corrected chi connectivity index (χ1v) is 12.9. The van der Waals surface area contributed by atoms with Crippen LogP contribution in [-0.4, -0.2) is 46.6 Å². The van der Waals surface area contributed by atoms with Crippen molar-refractivity contribution in [1.29, 1.82) is 0 Å². The first kappa shape index (κ1) is 26.6. The fraction of sp³-hybridized carbons (Fsp3) is 0.444. The van der Waals surface area contributed by atoms with Gasteiger partial charge in [-0.1, -0.05) is 12.1 Å². The van der Waals surface area contributed by atoms with E-state index in [0.29, 0.717) is 25.5 Å². The molecule has 1 aromatic heterocycles. The fourth-order valence-corrected chi connectivity index (χ4v) is 4.99. The number of piperidine rings is 1. The highest BCUT2D eigenvalue weighted by molar-refractivity contribution is 5.49. The summed E-state index contributed by atoms with van der Waals surface area (Å²) >= 11 is 0. The number of nitrogens with zero attached hydrogens (tertiary/aromatic N) is 4. The number of alkyl halides is 3. The summed E-state index contributed by atoms with van der Waals surface area (Å²) in [4.78, 5) is 16.6. The van der Waals surface area contributed by atoms with E-state index in [2.05, 4.69) is 14.6 Å². The number of anilines is 1. The number of benzene rings is 2. The highest BCUT2D eigenvalue weighted by Crippen LogP contribution is 2.29. The summed E-state index contributed by atoms with van der Waals surface area (Å²) in [5.74, 6) is 0.880. The molecule has 2 aliphatic rings. The molecule has 1 atom stereocenters. The van der Waals surface area contributed by atoms with E-state index in [4.69, 9.17) is 9.47 Å². The summed E-state index contributed by atoms with van der Waals surface area (Å²) in [6.07, 6.45) is 1.08. The zero-order chi connectivity index (χ0) is 27.4. The van der Waals surface area contributed by atoms with Gasteiger partial charge in [0.1, 0.15) is 30.4 Å². The molecule has 0 saturated carbocycles. The molecule has 1 fully saturated rings. The first-order valence-electron chi connectivity index (χ1n) is 12.9. The largest absolute Gasteiger partial charge is 0.573 e. The minimum absolute atomic E-state index is 0.195. The molecule has 0 amide bonds. The third-order valence-electron chi connectivity index (χ3n) is 7.13. The summed E-state index contributed by atoms with van der Waals surface area (Å²) in [6.45, 7) is 2.79. The van der Waals surface area contributed by atoms with Gasteiger partial charge in [-0.25, -0.2) is 0 Å². The third kappa shape index (κ3) is 7.12. The van der Waals surface area contributed by atoms with Crippen LogP contribution in [0, 0.1) is 16.0 Å². The van der Waals surface area contributed by atoms with Crippen LogP contribution < -0.4 is 19.1 Å². The Morgan fingerprint density at radius 2 is 1.69 bits per heavy atom. The van der Waals surface area contributed by atoms with Crippen molar-refractivity contribution >= 4 is 11.5 Å². The molecule has 0 aliphatic carbocycles. The van der Waals surface area contributed by atoms with E-state index in [1.54, 1.807) is 16.7 Å². The van der Waals surface area contributed by atoms with Crippen LogP contribution in [0.2, 0.25) is 0 Å². The van der Waals surface area contributed by atoms with Crippen LogP contribution in [0.15, 0.2) is 54.7 Å². The van der Waals surface area contributed by atoms with Crippen molar-refractivity contribution in [2.75, 3.05) is 24.6 Å². The Hall–Kier alpha value is -3.96. The van der Waals surface area contributed by atoms with E-state index >= 15 is 0 Å². The predicted octanol–water partition coefficient (Wildman–Crippen LogP) is 5.77. The Morgan fingerprint density at radius 3 is 2.36 bits per heavy atom. The summed E-state index contributed by atoms with van der Waals surface area (Å²) < 4.78 is 54.2. The maximum absolute atomic E-state index is 12.3. The van der Waals surface area contributed by atoms with Gasteiger partial charge in [0.25, 0.3) is 0 Å². The minimum atomic E-state index is -4.67. The zero-order valence-corrected chi connectivity index (χ0v) is 21.2. The number of hydrogen-bond acceptors (Lipinski definition) is 7. The molecule has 3 heterocycles. The Bertz CT molecular complexity index is 1260. The van der Waals surface area contributed by atoms with Crippen molar-refractivity contribution in [1.82, 2.24) is 9.55 Å². The van der Waals surface area contributed by atoms with Crippen molar-refractivity contribution in [2.24, 2.45) is 5.92 Å². The molecule has 2 aliphatic heterocycles. The summed E-state index contributed by atoms with van der Waals surface area (Å²) in [5, 5.41) is 10.9. The van der Waals surface area contributed by atoms with Crippen LogP contribution in [0.3, 0.4) is 0 Å². The second-order valence-corrected chi connectivity index (χ2v) is 9.83. The summed E-state index contributed by atoms with van der Waals surface area (Å²) in [5.41, 5.74) is 2.14.